The van der Waals surface area contributed by atoms with Crippen molar-refractivity contribution in [3.63, 3.8) is 0 Å². The van der Waals surface area contributed by atoms with Gasteiger partial charge in [0.2, 0.25) is 5.91 Å². The number of nitrogens with zero attached hydrogens (tertiary/aromatic N) is 3. The molecule has 2 N–H and O–H groups in total. The summed E-state index contributed by atoms with van der Waals surface area (Å²) < 4.78 is 0. The molecule has 2 aromatic rings. The molecule has 3 rings (SSSR count). The zero-order chi connectivity index (χ0) is 13.9. The second kappa shape index (κ2) is 5.13. The van der Waals surface area contributed by atoms with E-state index in [1.807, 2.05) is 30.3 Å². The molecule has 100 valence electrons. The largest absolute Gasteiger partial charge is 0.366 e. The van der Waals surface area contributed by atoms with Gasteiger partial charge < -0.3 is 10.6 Å². The van der Waals surface area contributed by atoms with Crippen LogP contribution in [0.1, 0.15) is 11.4 Å². The van der Waals surface area contributed by atoms with E-state index < -0.39 is 5.91 Å². The molecular weight excluding hydrogens is 252 g/mol. The van der Waals surface area contributed by atoms with Crippen molar-refractivity contribution in [2.75, 3.05) is 11.4 Å². The molecule has 20 heavy (non-hydrogen) atoms. The third-order valence-corrected chi connectivity index (χ3v) is 3.22. The van der Waals surface area contributed by atoms with Gasteiger partial charge >= 0.3 is 0 Å². The van der Waals surface area contributed by atoms with Crippen molar-refractivity contribution in [3.8, 4) is 0 Å². The van der Waals surface area contributed by atoms with Crippen molar-refractivity contribution in [1.29, 1.82) is 0 Å². The maximum absolute atomic E-state index is 11.4. The highest BCUT2D eigenvalue weighted by Crippen LogP contribution is 2.27. The van der Waals surface area contributed by atoms with E-state index in [1.165, 1.54) is 0 Å². The number of nitrogens with two attached hydrogens (primary N) is 1. The SMILES string of the molecule is NC(=O)C1=Cc2ncccc2N(Cc2ccccn2)C1. The van der Waals surface area contributed by atoms with Crippen LogP contribution < -0.4 is 10.6 Å². The first-order valence-corrected chi connectivity index (χ1v) is 6.34. The van der Waals surface area contributed by atoms with E-state index in [0.717, 1.165) is 17.1 Å². The van der Waals surface area contributed by atoms with Gasteiger partial charge in [-0.2, -0.15) is 0 Å². The van der Waals surface area contributed by atoms with Crippen LogP contribution in [0.25, 0.3) is 6.08 Å². The lowest BCUT2D eigenvalue weighted by Gasteiger charge is -2.29. The summed E-state index contributed by atoms with van der Waals surface area (Å²) in [6.45, 7) is 1.09. The Balaban J connectivity index is 1.96. The molecule has 0 atom stereocenters. The van der Waals surface area contributed by atoms with E-state index in [2.05, 4.69) is 14.9 Å². The van der Waals surface area contributed by atoms with Gasteiger partial charge in [0.25, 0.3) is 0 Å². The number of pyridine rings is 2. The average molecular weight is 266 g/mol. The van der Waals surface area contributed by atoms with Gasteiger partial charge in [-0.15, -0.1) is 0 Å². The number of rotatable bonds is 3. The summed E-state index contributed by atoms with van der Waals surface area (Å²) in [6, 6.07) is 9.65. The van der Waals surface area contributed by atoms with Gasteiger partial charge in [0.15, 0.2) is 0 Å². The fourth-order valence-electron chi connectivity index (χ4n) is 2.27. The fourth-order valence-corrected chi connectivity index (χ4v) is 2.27. The van der Waals surface area contributed by atoms with E-state index in [1.54, 1.807) is 18.5 Å². The van der Waals surface area contributed by atoms with Crippen molar-refractivity contribution < 1.29 is 4.79 Å². The molecule has 5 nitrogen and oxygen atoms in total. The molecule has 0 aliphatic carbocycles. The van der Waals surface area contributed by atoms with Crippen LogP contribution in [0.2, 0.25) is 0 Å². The smallest absolute Gasteiger partial charge is 0.246 e. The zero-order valence-electron chi connectivity index (χ0n) is 10.9. The Morgan fingerprint density at radius 2 is 2.05 bits per heavy atom. The monoisotopic (exact) mass is 266 g/mol. The highest BCUT2D eigenvalue weighted by molar-refractivity contribution is 5.99. The molecule has 0 bridgehead atoms. The van der Waals surface area contributed by atoms with Gasteiger partial charge in [0.05, 0.1) is 23.6 Å². The summed E-state index contributed by atoms with van der Waals surface area (Å²) in [4.78, 5) is 22.1. The molecule has 3 heterocycles. The van der Waals surface area contributed by atoms with Crippen LogP contribution in [0.15, 0.2) is 48.3 Å². The summed E-state index contributed by atoms with van der Waals surface area (Å²) >= 11 is 0. The van der Waals surface area contributed by atoms with E-state index >= 15 is 0 Å². The maximum atomic E-state index is 11.4. The number of hydrogen-bond acceptors (Lipinski definition) is 4. The van der Waals surface area contributed by atoms with Crippen LogP contribution >= 0.6 is 0 Å². The first-order valence-electron chi connectivity index (χ1n) is 6.34. The van der Waals surface area contributed by atoms with Crippen molar-refractivity contribution in [1.82, 2.24) is 9.97 Å². The summed E-state index contributed by atoms with van der Waals surface area (Å²) in [6.07, 6.45) is 5.22. The molecular formula is C15H14N4O. The minimum Gasteiger partial charge on any atom is -0.366 e. The fraction of sp³-hybridized carbons (Fsp3) is 0.133. The predicted octanol–water partition coefficient (Wildman–Crippen LogP) is 1.37. The Hall–Kier alpha value is -2.69. The zero-order valence-corrected chi connectivity index (χ0v) is 10.9. The van der Waals surface area contributed by atoms with Crippen molar-refractivity contribution in [2.24, 2.45) is 5.73 Å². The number of amides is 1. The molecule has 1 aliphatic heterocycles. The predicted molar refractivity (Wildman–Crippen MR) is 76.7 cm³/mol. The van der Waals surface area contributed by atoms with Crippen LogP contribution in [0.3, 0.4) is 0 Å². The second-order valence-electron chi connectivity index (χ2n) is 4.62. The quantitative estimate of drug-likeness (QED) is 0.910. The van der Waals surface area contributed by atoms with Crippen LogP contribution in [0.4, 0.5) is 5.69 Å². The van der Waals surface area contributed by atoms with E-state index in [-0.39, 0.29) is 0 Å². The summed E-state index contributed by atoms with van der Waals surface area (Å²) in [7, 11) is 0. The van der Waals surface area contributed by atoms with Crippen molar-refractivity contribution in [2.45, 2.75) is 6.54 Å². The topological polar surface area (TPSA) is 72.1 Å². The van der Waals surface area contributed by atoms with E-state index in [9.17, 15) is 4.79 Å². The van der Waals surface area contributed by atoms with Gasteiger partial charge in [-0.05, 0) is 30.3 Å². The number of anilines is 1. The molecule has 0 radical (unpaired) electrons. The average Bonchev–Trinajstić information content (AvgIpc) is 2.48. The van der Waals surface area contributed by atoms with Gasteiger partial charge in [-0.3, -0.25) is 14.8 Å². The van der Waals surface area contributed by atoms with Crippen LogP contribution in [0.5, 0.6) is 0 Å². The molecule has 0 unspecified atom stereocenters. The van der Waals surface area contributed by atoms with E-state index in [4.69, 9.17) is 5.73 Å². The van der Waals surface area contributed by atoms with Gasteiger partial charge in [-0.1, -0.05) is 6.07 Å². The molecule has 1 amide bonds. The second-order valence-corrected chi connectivity index (χ2v) is 4.62. The first-order chi connectivity index (χ1) is 9.74. The number of aromatic nitrogens is 2. The number of primary amides is 1. The molecule has 1 aliphatic rings. The van der Waals surface area contributed by atoms with Gasteiger partial charge in [-0.25, -0.2) is 0 Å². The maximum Gasteiger partial charge on any atom is 0.246 e. The number of carbonyl (C=O) groups excluding carboxylic acids is 1. The molecule has 5 heteroatoms. The van der Waals surface area contributed by atoms with Crippen LogP contribution in [-0.2, 0) is 11.3 Å². The third-order valence-electron chi connectivity index (χ3n) is 3.22. The highest BCUT2D eigenvalue weighted by Gasteiger charge is 2.21. The summed E-state index contributed by atoms with van der Waals surface area (Å²) in [5, 5.41) is 0. The lowest BCUT2D eigenvalue weighted by atomic mass is 10.1. The minimum atomic E-state index is -0.410. The van der Waals surface area contributed by atoms with Crippen molar-refractivity contribution >= 4 is 17.7 Å². The lowest BCUT2D eigenvalue weighted by molar-refractivity contribution is -0.114. The van der Waals surface area contributed by atoms with Crippen molar-refractivity contribution in [3.05, 3.63) is 59.7 Å². The normalized spacial score (nSPS) is 13.6. The van der Waals surface area contributed by atoms with Gasteiger partial charge in [0.1, 0.15) is 0 Å². The van der Waals surface area contributed by atoms with E-state index in [0.29, 0.717) is 18.7 Å². The Morgan fingerprint density at radius 1 is 1.20 bits per heavy atom. The summed E-state index contributed by atoms with van der Waals surface area (Å²) in [5.41, 5.74) is 8.66. The number of fused-ring (bicyclic) bond motifs is 1. The molecule has 0 aromatic carbocycles. The minimum absolute atomic E-state index is 0.410. The first kappa shape index (κ1) is 12.3. The molecule has 2 aromatic heterocycles. The lowest BCUT2D eigenvalue weighted by Crippen LogP contribution is -2.33. The van der Waals surface area contributed by atoms with Crippen LogP contribution in [-0.4, -0.2) is 22.4 Å². The number of carbonyl (C=O) groups is 1. The Labute approximate surface area is 116 Å². The third kappa shape index (κ3) is 2.38. The van der Waals surface area contributed by atoms with Gasteiger partial charge in [0, 0.05) is 24.5 Å². The molecule has 0 saturated carbocycles. The molecule has 0 fully saturated rings. The Kier molecular flexibility index (Phi) is 3.16. The Bertz CT molecular complexity index is 667. The highest BCUT2D eigenvalue weighted by atomic mass is 16.1. The molecule has 0 saturated heterocycles. The standard InChI is InChI=1S/C15H14N4O/c16-15(20)11-8-13-14(5-3-7-18-13)19(9-11)10-12-4-1-2-6-17-12/h1-8H,9-10H2,(H2,16,20). The van der Waals surface area contributed by atoms with Crippen LogP contribution in [0, 0.1) is 0 Å². The Morgan fingerprint density at radius 3 is 2.80 bits per heavy atom. The number of hydrogen-bond donors (Lipinski definition) is 1. The summed E-state index contributed by atoms with van der Waals surface area (Å²) in [5.74, 6) is -0.410. The molecule has 0 spiro atoms.